The van der Waals surface area contributed by atoms with Gasteiger partial charge in [-0.15, -0.1) is 0 Å². The number of nitrogens with zero attached hydrogens (tertiary/aromatic N) is 1. The topological polar surface area (TPSA) is 66.5 Å². The normalized spacial score (nSPS) is 17.9. The molecular weight excluding hydrogens is 368 g/mol. The lowest BCUT2D eigenvalue weighted by Gasteiger charge is -2.18. The van der Waals surface area contributed by atoms with Crippen molar-refractivity contribution in [2.45, 2.75) is 23.9 Å². The maximum Gasteiger partial charge on any atom is 0.241 e. The first-order valence-electron chi connectivity index (χ1n) is 8.32. The Labute approximate surface area is 156 Å². The summed E-state index contributed by atoms with van der Waals surface area (Å²) in [4.78, 5) is 14.4. The number of sulfonamides is 1. The molecule has 1 amide bonds. The van der Waals surface area contributed by atoms with E-state index in [4.69, 9.17) is 0 Å². The third kappa shape index (κ3) is 3.38. The molecule has 134 valence electrons. The fourth-order valence-electron chi connectivity index (χ4n) is 3.33. The van der Waals surface area contributed by atoms with E-state index in [0.717, 1.165) is 16.3 Å². The lowest BCUT2D eigenvalue weighted by molar-refractivity contribution is -0.128. The molecule has 3 aromatic rings. The second-order valence-electron chi connectivity index (χ2n) is 6.39. The molecule has 0 bridgehead atoms. The maximum atomic E-state index is 12.4. The Balaban J connectivity index is 1.50. The molecule has 0 spiro atoms. The van der Waals surface area contributed by atoms with Gasteiger partial charge in [0, 0.05) is 30.9 Å². The van der Waals surface area contributed by atoms with E-state index < -0.39 is 16.1 Å². The molecule has 1 fully saturated rings. The molecule has 1 saturated heterocycles. The minimum Gasteiger partial charge on any atom is -0.337 e. The van der Waals surface area contributed by atoms with Crippen molar-refractivity contribution in [3.63, 3.8) is 0 Å². The summed E-state index contributed by atoms with van der Waals surface area (Å²) in [7, 11) is -3.57. The van der Waals surface area contributed by atoms with E-state index in [9.17, 15) is 13.2 Å². The average molecular weight is 386 g/mol. The van der Waals surface area contributed by atoms with Gasteiger partial charge in [-0.05, 0) is 27.8 Å². The van der Waals surface area contributed by atoms with Crippen LogP contribution in [0.4, 0.5) is 0 Å². The molecule has 2 heterocycles. The second kappa shape index (κ2) is 6.83. The summed E-state index contributed by atoms with van der Waals surface area (Å²) in [6.45, 7) is 0.863. The van der Waals surface area contributed by atoms with Crippen LogP contribution in [-0.4, -0.2) is 31.8 Å². The Kier molecular flexibility index (Phi) is 4.52. The summed E-state index contributed by atoms with van der Waals surface area (Å²) < 4.78 is 27.4. The molecule has 0 saturated carbocycles. The van der Waals surface area contributed by atoms with E-state index >= 15 is 0 Å². The number of thiophene rings is 1. The van der Waals surface area contributed by atoms with Gasteiger partial charge in [0.25, 0.3) is 0 Å². The minimum absolute atomic E-state index is 0.0315. The number of carbonyl (C=O) groups is 1. The third-order valence-corrected chi connectivity index (χ3v) is 6.93. The third-order valence-electron chi connectivity index (χ3n) is 4.58. The van der Waals surface area contributed by atoms with Crippen molar-refractivity contribution >= 4 is 38.0 Å². The zero-order valence-electron chi connectivity index (χ0n) is 14.0. The number of nitrogens with one attached hydrogen (secondary N) is 1. The van der Waals surface area contributed by atoms with Crippen LogP contribution < -0.4 is 4.72 Å². The van der Waals surface area contributed by atoms with Gasteiger partial charge in [-0.3, -0.25) is 4.79 Å². The number of hydrogen-bond donors (Lipinski definition) is 1. The van der Waals surface area contributed by atoms with E-state index in [-0.39, 0.29) is 17.2 Å². The molecule has 1 aromatic heterocycles. The van der Waals surface area contributed by atoms with Crippen LogP contribution in [0.25, 0.3) is 10.8 Å². The van der Waals surface area contributed by atoms with E-state index in [1.807, 2.05) is 42.5 Å². The van der Waals surface area contributed by atoms with E-state index in [0.29, 0.717) is 13.1 Å². The van der Waals surface area contributed by atoms with E-state index in [2.05, 4.69) is 4.72 Å². The Morgan fingerprint density at radius 2 is 1.92 bits per heavy atom. The molecule has 26 heavy (non-hydrogen) atoms. The van der Waals surface area contributed by atoms with Crippen molar-refractivity contribution in [3.05, 3.63) is 64.9 Å². The summed E-state index contributed by atoms with van der Waals surface area (Å²) in [5.74, 6) is -0.0315. The van der Waals surface area contributed by atoms with Gasteiger partial charge in [0.2, 0.25) is 15.9 Å². The molecule has 1 aliphatic rings. The van der Waals surface area contributed by atoms with Gasteiger partial charge in [0.15, 0.2) is 0 Å². The van der Waals surface area contributed by atoms with Crippen LogP contribution >= 0.6 is 11.3 Å². The summed E-state index contributed by atoms with van der Waals surface area (Å²) in [5.41, 5.74) is 1.07. The number of rotatable bonds is 5. The lowest BCUT2D eigenvalue weighted by atomic mass is 10.0. The minimum atomic E-state index is -3.57. The highest BCUT2D eigenvalue weighted by Crippen LogP contribution is 2.23. The van der Waals surface area contributed by atoms with Crippen LogP contribution in [0.5, 0.6) is 0 Å². The molecule has 2 aromatic carbocycles. The van der Waals surface area contributed by atoms with Gasteiger partial charge in [0.1, 0.15) is 0 Å². The summed E-state index contributed by atoms with van der Waals surface area (Å²) in [6.07, 6.45) is 0.189. The first-order chi connectivity index (χ1) is 12.5. The fraction of sp³-hybridized carbons (Fsp3) is 0.211. The number of hydrogen-bond acceptors (Lipinski definition) is 4. The molecule has 7 heteroatoms. The molecule has 1 aliphatic heterocycles. The molecule has 0 radical (unpaired) electrons. The van der Waals surface area contributed by atoms with Crippen LogP contribution in [-0.2, 0) is 21.4 Å². The Morgan fingerprint density at radius 3 is 2.73 bits per heavy atom. The lowest BCUT2D eigenvalue weighted by Crippen LogP contribution is -2.36. The first-order valence-corrected chi connectivity index (χ1v) is 10.7. The summed E-state index contributed by atoms with van der Waals surface area (Å²) >= 11 is 1.33. The molecule has 0 unspecified atom stereocenters. The van der Waals surface area contributed by atoms with Crippen molar-refractivity contribution in [2.75, 3.05) is 6.54 Å². The van der Waals surface area contributed by atoms with Crippen molar-refractivity contribution in [1.29, 1.82) is 0 Å². The van der Waals surface area contributed by atoms with Gasteiger partial charge in [-0.1, -0.05) is 42.5 Å². The monoisotopic (exact) mass is 386 g/mol. The molecule has 4 rings (SSSR count). The standard InChI is InChI=1S/C19H18N2O3S2/c22-19-10-16(20-26(23,24)17-8-9-25-13-17)12-21(19)11-15-6-3-5-14-4-1-2-7-18(14)15/h1-9,13,16,20H,10-12H2/t16-/m0/s1. The Bertz CT molecular complexity index is 1040. The molecule has 5 nitrogen and oxygen atoms in total. The highest BCUT2D eigenvalue weighted by atomic mass is 32.2. The van der Waals surface area contributed by atoms with Crippen LogP contribution in [0, 0.1) is 0 Å². The van der Waals surface area contributed by atoms with Crippen LogP contribution in [0.15, 0.2) is 64.2 Å². The summed E-state index contributed by atoms with van der Waals surface area (Å²) in [6, 6.07) is 15.3. The average Bonchev–Trinajstić information content (AvgIpc) is 3.26. The predicted octanol–water partition coefficient (Wildman–Crippen LogP) is 2.98. The molecule has 1 N–H and O–H groups in total. The highest BCUT2D eigenvalue weighted by molar-refractivity contribution is 7.89. The maximum absolute atomic E-state index is 12.4. The van der Waals surface area contributed by atoms with Gasteiger partial charge in [-0.2, -0.15) is 11.3 Å². The van der Waals surface area contributed by atoms with Gasteiger partial charge < -0.3 is 4.90 Å². The van der Waals surface area contributed by atoms with E-state index in [1.54, 1.807) is 21.7 Å². The quantitative estimate of drug-likeness (QED) is 0.733. The van der Waals surface area contributed by atoms with Crippen LogP contribution in [0.3, 0.4) is 0 Å². The van der Waals surface area contributed by atoms with Gasteiger partial charge in [0.05, 0.1) is 4.90 Å². The SMILES string of the molecule is O=C1C[C@H](NS(=O)(=O)c2ccsc2)CN1Cc1cccc2ccccc12. The number of benzene rings is 2. The van der Waals surface area contributed by atoms with E-state index in [1.165, 1.54) is 11.3 Å². The molecular formula is C19H18N2O3S2. The number of fused-ring (bicyclic) bond motifs is 1. The first kappa shape index (κ1) is 17.2. The number of likely N-dealkylation sites (tertiary alicyclic amines) is 1. The van der Waals surface area contributed by atoms with Crippen molar-refractivity contribution < 1.29 is 13.2 Å². The zero-order chi connectivity index (χ0) is 18.1. The van der Waals surface area contributed by atoms with Crippen LogP contribution in [0.2, 0.25) is 0 Å². The smallest absolute Gasteiger partial charge is 0.241 e. The van der Waals surface area contributed by atoms with Gasteiger partial charge in [-0.25, -0.2) is 13.1 Å². The number of amides is 1. The highest BCUT2D eigenvalue weighted by Gasteiger charge is 2.33. The summed E-state index contributed by atoms with van der Waals surface area (Å²) in [5, 5.41) is 5.56. The van der Waals surface area contributed by atoms with Crippen molar-refractivity contribution in [3.8, 4) is 0 Å². The number of carbonyl (C=O) groups excluding carboxylic acids is 1. The van der Waals surface area contributed by atoms with Gasteiger partial charge >= 0.3 is 0 Å². The Hall–Kier alpha value is -2.22. The molecule has 1 atom stereocenters. The predicted molar refractivity (Wildman–Crippen MR) is 102 cm³/mol. The fourth-order valence-corrected chi connectivity index (χ4v) is 5.59. The second-order valence-corrected chi connectivity index (χ2v) is 8.89. The zero-order valence-corrected chi connectivity index (χ0v) is 15.6. The van der Waals surface area contributed by atoms with Crippen molar-refractivity contribution in [1.82, 2.24) is 9.62 Å². The van der Waals surface area contributed by atoms with Crippen LogP contribution in [0.1, 0.15) is 12.0 Å². The largest absolute Gasteiger partial charge is 0.337 e. The Morgan fingerprint density at radius 1 is 1.12 bits per heavy atom. The molecule has 0 aliphatic carbocycles. The van der Waals surface area contributed by atoms with Crippen molar-refractivity contribution in [2.24, 2.45) is 0 Å².